The second-order valence-electron chi connectivity index (χ2n) is 5.63. The highest BCUT2D eigenvalue weighted by Crippen LogP contribution is 2.31. The van der Waals surface area contributed by atoms with E-state index in [2.05, 4.69) is 23.7 Å². The lowest BCUT2D eigenvalue weighted by Gasteiger charge is -2.25. The molecule has 1 nitrogen and oxygen atoms in total. The summed E-state index contributed by atoms with van der Waals surface area (Å²) in [5, 5.41) is 0. The van der Waals surface area contributed by atoms with Gasteiger partial charge in [-0.1, -0.05) is 38.0 Å². The van der Waals surface area contributed by atoms with Crippen LogP contribution in [0.5, 0.6) is 0 Å². The largest absolute Gasteiger partial charge is 0.248 e. The molecule has 108 valence electrons. The molecule has 0 bridgehead atoms. The van der Waals surface area contributed by atoms with Crippen LogP contribution in [0.2, 0.25) is 0 Å². The number of aromatic nitrogens is 1. The van der Waals surface area contributed by atoms with E-state index >= 15 is 0 Å². The van der Waals surface area contributed by atoms with Crippen molar-refractivity contribution in [2.24, 2.45) is 11.8 Å². The molecular weight excluding hydrogens is 256 g/mol. The monoisotopic (exact) mass is 277 g/mol. The Balaban J connectivity index is 1.86. The minimum atomic E-state index is -1.06. The van der Waals surface area contributed by atoms with Gasteiger partial charge in [-0.05, 0) is 37.7 Å². The first-order valence-electron chi connectivity index (χ1n) is 7.51. The van der Waals surface area contributed by atoms with Crippen LogP contribution in [0.15, 0.2) is 12.3 Å². The first kappa shape index (κ1) is 15.0. The first-order valence-corrected chi connectivity index (χ1v) is 7.51. The SMILES string of the molecule is CCCC[C@H]1CC[C@H](C#Cc2cnc(F)c(F)c2)CC1. The summed E-state index contributed by atoms with van der Waals surface area (Å²) >= 11 is 0. The summed E-state index contributed by atoms with van der Waals surface area (Å²) in [5.41, 5.74) is 0.456. The van der Waals surface area contributed by atoms with Crippen molar-refractivity contribution in [3.05, 3.63) is 29.6 Å². The molecule has 0 radical (unpaired) electrons. The van der Waals surface area contributed by atoms with Crippen LogP contribution in [-0.2, 0) is 0 Å². The average molecular weight is 277 g/mol. The Labute approximate surface area is 119 Å². The van der Waals surface area contributed by atoms with Crippen LogP contribution in [0.25, 0.3) is 0 Å². The van der Waals surface area contributed by atoms with Crippen LogP contribution in [-0.4, -0.2) is 4.98 Å². The van der Waals surface area contributed by atoms with Crippen LogP contribution in [0.1, 0.15) is 57.4 Å². The van der Waals surface area contributed by atoms with E-state index in [1.54, 1.807) is 0 Å². The summed E-state index contributed by atoms with van der Waals surface area (Å²) in [7, 11) is 0. The zero-order chi connectivity index (χ0) is 14.4. The molecule has 1 aliphatic rings. The fourth-order valence-corrected chi connectivity index (χ4v) is 2.76. The number of rotatable bonds is 3. The molecule has 0 unspecified atom stereocenters. The normalized spacial score (nSPS) is 22.1. The standard InChI is InChI=1S/C17H21F2N/c1-2-3-4-13-5-7-14(8-6-13)9-10-15-11-16(18)17(19)20-12-15/h11-14H,2-8H2,1H3/t13-,14-. The smallest absolute Gasteiger partial charge is 0.224 e. The Morgan fingerprint density at radius 3 is 2.65 bits per heavy atom. The number of hydrogen-bond donors (Lipinski definition) is 0. The van der Waals surface area contributed by atoms with Gasteiger partial charge in [0.15, 0.2) is 5.82 Å². The van der Waals surface area contributed by atoms with Crippen LogP contribution < -0.4 is 0 Å². The van der Waals surface area contributed by atoms with Gasteiger partial charge in [0.05, 0.1) is 0 Å². The third kappa shape index (κ3) is 4.30. The molecule has 3 heteroatoms. The number of nitrogens with zero attached hydrogens (tertiary/aromatic N) is 1. The molecule has 2 rings (SSSR count). The molecule has 0 aliphatic heterocycles. The van der Waals surface area contributed by atoms with Gasteiger partial charge in [0.1, 0.15) is 0 Å². The van der Waals surface area contributed by atoms with E-state index in [1.165, 1.54) is 38.3 Å². The second-order valence-corrected chi connectivity index (χ2v) is 5.63. The summed E-state index contributed by atoms with van der Waals surface area (Å²) in [6.45, 7) is 2.23. The Bertz CT molecular complexity index is 493. The van der Waals surface area contributed by atoms with Gasteiger partial charge in [-0.2, -0.15) is 4.39 Å². The number of pyridine rings is 1. The Morgan fingerprint density at radius 2 is 2.00 bits per heavy atom. The summed E-state index contributed by atoms with van der Waals surface area (Å²) in [6.07, 6.45) is 9.95. The van der Waals surface area contributed by atoms with Gasteiger partial charge in [0.2, 0.25) is 5.95 Å². The summed E-state index contributed by atoms with van der Waals surface area (Å²) < 4.78 is 25.7. The predicted octanol–water partition coefficient (Wildman–Crippen LogP) is 4.71. The van der Waals surface area contributed by atoms with Gasteiger partial charge < -0.3 is 0 Å². The fraction of sp³-hybridized carbons (Fsp3) is 0.588. The highest BCUT2D eigenvalue weighted by molar-refractivity contribution is 5.32. The zero-order valence-electron chi connectivity index (χ0n) is 12.0. The number of halogens is 2. The van der Waals surface area contributed by atoms with Crippen molar-refractivity contribution in [3.63, 3.8) is 0 Å². The van der Waals surface area contributed by atoms with Crippen LogP contribution >= 0.6 is 0 Å². The molecule has 0 aromatic carbocycles. The third-order valence-electron chi connectivity index (χ3n) is 4.03. The van der Waals surface area contributed by atoms with Gasteiger partial charge in [0, 0.05) is 17.7 Å². The van der Waals surface area contributed by atoms with Crippen molar-refractivity contribution >= 4 is 0 Å². The minimum Gasteiger partial charge on any atom is -0.224 e. The number of hydrogen-bond acceptors (Lipinski definition) is 1. The highest BCUT2D eigenvalue weighted by atomic mass is 19.2. The molecule has 1 saturated carbocycles. The topological polar surface area (TPSA) is 12.9 Å². The van der Waals surface area contributed by atoms with E-state index in [-0.39, 0.29) is 0 Å². The summed E-state index contributed by atoms with van der Waals surface area (Å²) in [6, 6.07) is 1.11. The van der Waals surface area contributed by atoms with E-state index in [0.717, 1.165) is 24.8 Å². The lowest BCUT2D eigenvalue weighted by molar-refractivity contribution is 0.296. The van der Waals surface area contributed by atoms with Gasteiger partial charge >= 0.3 is 0 Å². The van der Waals surface area contributed by atoms with Crippen LogP contribution in [0.3, 0.4) is 0 Å². The molecule has 0 spiro atoms. The fourth-order valence-electron chi connectivity index (χ4n) is 2.76. The van der Waals surface area contributed by atoms with Crippen molar-refractivity contribution in [1.82, 2.24) is 4.98 Å². The summed E-state index contributed by atoms with van der Waals surface area (Å²) in [5.74, 6) is 5.36. The van der Waals surface area contributed by atoms with Gasteiger partial charge in [-0.25, -0.2) is 9.37 Å². The molecule has 0 atom stereocenters. The van der Waals surface area contributed by atoms with Crippen LogP contribution in [0, 0.1) is 35.4 Å². The second kappa shape index (κ2) is 7.38. The van der Waals surface area contributed by atoms with Gasteiger partial charge in [-0.15, -0.1) is 0 Å². The highest BCUT2D eigenvalue weighted by Gasteiger charge is 2.19. The molecule has 0 saturated heterocycles. The maximum Gasteiger partial charge on any atom is 0.248 e. The van der Waals surface area contributed by atoms with E-state index in [0.29, 0.717) is 11.5 Å². The summed E-state index contributed by atoms with van der Waals surface area (Å²) in [4.78, 5) is 3.34. The maximum absolute atomic E-state index is 13.0. The molecule has 1 fully saturated rings. The lowest BCUT2D eigenvalue weighted by atomic mass is 9.80. The molecule has 1 heterocycles. The third-order valence-corrected chi connectivity index (χ3v) is 4.03. The van der Waals surface area contributed by atoms with Crippen molar-refractivity contribution in [2.45, 2.75) is 51.9 Å². The van der Waals surface area contributed by atoms with Crippen molar-refractivity contribution in [2.75, 3.05) is 0 Å². The average Bonchev–Trinajstić information content (AvgIpc) is 2.47. The van der Waals surface area contributed by atoms with Crippen molar-refractivity contribution < 1.29 is 8.78 Å². The Kier molecular flexibility index (Phi) is 5.52. The van der Waals surface area contributed by atoms with Gasteiger partial charge in [-0.3, -0.25) is 0 Å². The van der Waals surface area contributed by atoms with Crippen molar-refractivity contribution in [1.29, 1.82) is 0 Å². The van der Waals surface area contributed by atoms with Gasteiger partial charge in [0.25, 0.3) is 0 Å². The van der Waals surface area contributed by atoms with E-state index in [1.807, 2.05) is 0 Å². The minimum absolute atomic E-state index is 0.390. The van der Waals surface area contributed by atoms with Crippen molar-refractivity contribution in [3.8, 4) is 11.8 Å². The molecule has 1 aliphatic carbocycles. The maximum atomic E-state index is 13.0. The van der Waals surface area contributed by atoms with E-state index in [4.69, 9.17) is 0 Å². The lowest BCUT2D eigenvalue weighted by Crippen LogP contribution is -2.13. The first-order chi connectivity index (χ1) is 9.69. The molecule has 0 N–H and O–H groups in total. The molecule has 1 aromatic rings. The zero-order valence-corrected chi connectivity index (χ0v) is 12.0. The molecule has 20 heavy (non-hydrogen) atoms. The molecule has 1 aromatic heterocycles. The quantitative estimate of drug-likeness (QED) is 0.576. The van der Waals surface area contributed by atoms with E-state index in [9.17, 15) is 8.78 Å². The Morgan fingerprint density at radius 1 is 1.25 bits per heavy atom. The predicted molar refractivity (Wildman–Crippen MR) is 76.0 cm³/mol. The molecular formula is C17H21F2N. The Hall–Kier alpha value is -1.43. The molecule has 0 amide bonds. The van der Waals surface area contributed by atoms with E-state index < -0.39 is 11.8 Å². The van der Waals surface area contributed by atoms with Crippen LogP contribution in [0.4, 0.5) is 8.78 Å². The number of unbranched alkanes of at least 4 members (excludes halogenated alkanes) is 1.